The number of hydrogen-bond acceptors (Lipinski definition) is 3. The Morgan fingerprint density at radius 2 is 2.00 bits per heavy atom. The van der Waals surface area contributed by atoms with E-state index in [0.717, 1.165) is 12.8 Å². The Hall–Kier alpha value is -1.10. The van der Waals surface area contributed by atoms with Crippen LogP contribution in [0.4, 0.5) is 0 Å². The lowest BCUT2D eigenvalue weighted by molar-refractivity contribution is -0.140. The van der Waals surface area contributed by atoms with E-state index in [9.17, 15) is 9.59 Å². The Balaban J connectivity index is 2.48. The van der Waals surface area contributed by atoms with Crippen molar-refractivity contribution in [2.75, 3.05) is 6.54 Å². The smallest absolute Gasteiger partial charge is 0.245 e. The maximum Gasteiger partial charge on any atom is 0.245 e. The lowest BCUT2D eigenvalue weighted by atomic mass is 9.97. The number of amides is 2. The Kier molecular flexibility index (Phi) is 3.68. The Morgan fingerprint density at radius 1 is 1.33 bits per heavy atom. The predicted octanol–water partition coefficient (Wildman–Crippen LogP) is -0.491. The molecule has 1 fully saturated rings. The molecule has 0 aromatic rings. The highest BCUT2D eigenvalue weighted by atomic mass is 16.2. The van der Waals surface area contributed by atoms with E-state index in [0.29, 0.717) is 13.0 Å². The second-order valence-electron chi connectivity index (χ2n) is 4.42. The normalized spacial score (nSPS) is 24.6. The largest absolute Gasteiger partial charge is 0.342 e. The van der Waals surface area contributed by atoms with Crippen LogP contribution in [-0.2, 0) is 9.59 Å². The lowest BCUT2D eigenvalue weighted by Crippen LogP contribution is -2.66. The number of nitrogens with one attached hydrogen (secondary N) is 2. The number of hydrogen-bond donors (Lipinski definition) is 3. The van der Waals surface area contributed by atoms with Gasteiger partial charge < -0.3 is 16.4 Å². The van der Waals surface area contributed by atoms with E-state index < -0.39 is 11.6 Å². The molecule has 1 heterocycles. The van der Waals surface area contributed by atoms with Gasteiger partial charge in [-0.3, -0.25) is 9.59 Å². The van der Waals surface area contributed by atoms with Gasteiger partial charge in [-0.05, 0) is 39.7 Å². The third-order valence-electron chi connectivity index (χ3n) is 2.57. The van der Waals surface area contributed by atoms with Gasteiger partial charge in [0.2, 0.25) is 11.8 Å². The van der Waals surface area contributed by atoms with E-state index in [1.165, 1.54) is 0 Å². The molecular formula is C10H19N3O2. The van der Waals surface area contributed by atoms with E-state index in [-0.39, 0.29) is 11.8 Å². The molecular weight excluding hydrogens is 194 g/mol. The molecule has 5 nitrogen and oxygen atoms in total. The van der Waals surface area contributed by atoms with E-state index in [1.807, 2.05) is 0 Å². The van der Waals surface area contributed by atoms with Crippen molar-refractivity contribution in [2.24, 2.45) is 5.73 Å². The first-order valence-electron chi connectivity index (χ1n) is 5.30. The van der Waals surface area contributed by atoms with Crippen molar-refractivity contribution in [2.45, 2.75) is 44.7 Å². The average Bonchev–Trinajstić information content (AvgIpc) is 2.13. The molecule has 0 aromatic heterocycles. The van der Waals surface area contributed by atoms with Crippen molar-refractivity contribution in [1.82, 2.24) is 10.6 Å². The van der Waals surface area contributed by atoms with Crippen molar-refractivity contribution in [3.8, 4) is 0 Å². The number of carbonyl (C=O) groups is 2. The topological polar surface area (TPSA) is 84.2 Å². The van der Waals surface area contributed by atoms with Gasteiger partial charge in [0.25, 0.3) is 0 Å². The summed E-state index contributed by atoms with van der Waals surface area (Å²) in [5.41, 5.74) is 4.57. The van der Waals surface area contributed by atoms with Gasteiger partial charge in [-0.15, -0.1) is 0 Å². The first-order chi connectivity index (χ1) is 6.97. The van der Waals surface area contributed by atoms with Crippen molar-refractivity contribution >= 4 is 11.8 Å². The number of unbranched alkanes of at least 4 members (excludes halogenated alkanes) is 1. The highest BCUT2D eigenvalue weighted by Crippen LogP contribution is 2.12. The van der Waals surface area contributed by atoms with E-state index in [1.54, 1.807) is 13.8 Å². The molecule has 0 aromatic carbocycles. The van der Waals surface area contributed by atoms with Crippen LogP contribution in [0.1, 0.15) is 33.1 Å². The predicted molar refractivity (Wildman–Crippen MR) is 57.1 cm³/mol. The van der Waals surface area contributed by atoms with E-state index >= 15 is 0 Å². The molecule has 15 heavy (non-hydrogen) atoms. The van der Waals surface area contributed by atoms with Crippen molar-refractivity contribution in [1.29, 1.82) is 0 Å². The van der Waals surface area contributed by atoms with E-state index in [4.69, 9.17) is 5.73 Å². The third kappa shape index (κ3) is 2.92. The summed E-state index contributed by atoms with van der Waals surface area (Å²) in [7, 11) is 0. The SMILES string of the molecule is CC1(C)NC(=O)[C@H](CCCCN)NC1=O. The zero-order valence-electron chi connectivity index (χ0n) is 9.30. The van der Waals surface area contributed by atoms with Crippen LogP contribution in [0, 0.1) is 0 Å². The quantitative estimate of drug-likeness (QED) is 0.551. The first kappa shape index (κ1) is 12.0. The fraction of sp³-hybridized carbons (Fsp3) is 0.800. The summed E-state index contributed by atoms with van der Waals surface area (Å²) in [5.74, 6) is -0.225. The minimum absolute atomic E-state index is 0.100. The van der Waals surface area contributed by atoms with Gasteiger partial charge in [0.15, 0.2) is 0 Å². The molecule has 1 aliphatic rings. The van der Waals surface area contributed by atoms with Crippen LogP contribution in [0.5, 0.6) is 0 Å². The minimum Gasteiger partial charge on any atom is -0.342 e. The summed E-state index contributed by atoms with van der Waals surface area (Å²) in [6, 6.07) is -0.392. The number of rotatable bonds is 4. The van der Waals surface area contributed by atoms with Gasteiger partial charge in [0.05, 0.1) is 0 Å². The van der Waals surface area contributed by atoms with Crippen molar-refractivity contribution < 1.29 is 9.59 Å². The van der Waals surface area contributed by atoms with Gasteiger partial charge in [-0.25, -0.2) is 0 Å². The molecule has 1 aliphatic heterocycles. The van der Waals surface area contributed by atoms with Gasteiger partial charge in [-0.1, -0.05) is 0 Å². The minimum atomic E-state index is -0.790. The maximum atomic E-state index is 11.6. The maximum absolute atomic E-state index is 11.6. The summed E-state index contributed by atoms with van der Waals surface area (Å²) in [5, 5.41) is 5.42. The Morgan fingerprint density at radius 3 is 2.60 bits per heavy atom. The summed E-state index contributed by atoms with van der Waals surface area (Å²) in [4.78, 5) is 23.1. The second kappa shape index (κ2) is 4.61. The van der Waals surface area contributed by atoms with Gasteiger partial charge in [0.1, 0.15) is 11.6 Å². The molecule has 0 spiro atoms. The second-order valence-corrected chi connectivity index (χ2v) is 4.42. The fourth-order valence-electron chi connectivity index (χ4n) is 1.55. The van der Waals surface area contributed by atoms with Crippen LogP contribution in [0.2, 0.25) is 0 Å². The van der Waals surface area contributed by atoms with Crippen LogP contribution in [0.25, 0.3) is 0 Å². The summed E-state index contributed by atoms with van der Waals surface area (Å²) < 4.78 is 0. The van der Waals surface area contributed by atoms with Gasteiger partial charge in [0, 0.05) is 0 Å². The zero-order valence-corrected chi connectivity index (χ0v) is 9.30. The summed E-state index contributed by atoms with van der Waals surface area (Å²) in [6.07, 6.45) is 2.39. The molecule has 0 bridgehead atoms. The third-order valence-corrected chi connectivity index (χ3v) is 2.57. The van der Waals surface area contributed by atoms with E-state index in [2.05, 4.69) is 10.6 Å². The molecule has 86 valence electrons. The number of nitrogens with two attached hydrogens (primary N) is 1. The van der Waals surface area contributed by atoms with Crippen LogP contribution in [-0.4, -0.2) is 29.9 Å². The van der Waals surface area contributed by atoms with Crippen LogP contribution < -0.4 is 16.4 Å². The molecule has 4 N–H and O–H groups in total. The molecule has 1 atom stereocenters. The molecule has 1 saturated heterocycles. The molecule has 5 heteroatoms. The molecule has 0 aliphatic carbocycles. The van der Waals surface area contributed by atoms with Crippen molar-refractivity contribution in [3.63, 3.8) is 0 Å². The monoisotopic (exact) mass is 213 g/mol. The highest BCUT2D eigenvalue weighted by molar-refractivity contribution is 5.99. The summed E-state index contributed by atoms with van der Waals surface area (Å²) in [6.45, 7) is 4.00. The molecule has 0 radical (unpaired) electrons. The average molecular weight is 213 g/mol. The van der Waals surface area contributed by atoms with Crippen LogP contribution >= 0.6 is 0 Å². The first-order valence-corrected chi connectivity index (χ1v) is 5.30. The highest BCUT2D eigenvalue weighted by Gasteiger charge is 2.38. The molecule has 1 rings (SSSR count). The number of carbonyl (C=O) groups excluding carboxylic acids is 2. The van der Waals surface area contributed by atoms with Gasteiger partial charge >= 0.3 is 0 Å². The molecule has 0 saturated carbocycles. The Bertz CT molecular complexity index is 263. The molecule has 0 unspecified atom stereocenters. The molecule has 2 amide bonds. The lowest BCUT2D eigenvalue weighted by Gasteiger charge is -2.34. The van der Waals surface area contributed by atoms with Crippen molar-refractivity contribution in [3.05, 3.63) is 0 Å². The van der Waals surface area contributed by atoms with Crippen LogP contribution in [0.15, 0.2) is 0 Å². The van der Waals surface area contributed by atoms with Gasteiger partial charge in [-0.2, -0.15) is 0 Å². The zero-order chi connectivity index (χ0) is 11.5. The number of piperazine rings is 1. The fourth-order valence-corrected chi connectivity index (χ4v) is 1.55. The Labute approximate surface area is 89.8 Å². The standard InChI is InChI=1S/C10H19N3O2/c1-10(2)9(15)12-7(8(14)13-10)5-3-4-6-11/h7H,3-6,11H2,1-2H3,(H,12,15)(H,13,14)/t7-/m0/s1. The van der Waals surface area contributed by atoms with Crippen LogP contribution in [0.3, 0.4) is 0 Å². The summed E-state index contributed by atoms with van der Waals surface area (Å²) >= 11 is 0.